The van der Waals surface area contributed by atoms with Gasteiger partial charge in [-0.1, -0.05) is 0 Å². The minimum absolute atomic E-state index is 0.125. The van der Waals surface area contributed by atoms with Crippen molar-refractivity contribution in [2.75, 3.05) is 41.8 Å². The van der Waals surface area contributed by atoms with Crippen LogP contribution in [0.25, 0.3) is 0 Å². The monoisotopic (exact) mass is 459 g/mol. The van der Waals surface area contributed by atoms with Crippen molar-refractivity contribution in [3.05, 3.63) is 57.3 Å². The molecule has 1 fully saturated rings. The molecular formula is C19H18BrN5O2S. The topological polar surface area (TPSA) is 79.4 Å². The number of morpholine rings is 1. The largest absolute Gasteiger partial charge is 0.378 e. The zero-order chi connectivity index (χ0) is 19.3. The number of thiophene rings is 1. The van der Waals surface area contributed by atoms with Crippen molar-refractivity contribution in [1.29, 1.82) is 0 Å². The number of carbonyl (C=O) groups is 1. The van der Waals surface area contributed by atoms with E-state index in [0.29, 0.717) is 10.7 Å². The van der Waals surface area contributed by atoms with Gasteiger partial charge in [0.15, 0.2) is 5.82 Å². The van der Waals surface area contributed by atoms with E-state index in [1.807, 2.05) is 35.7 Å². The van der Waals surface area contributed by atoms with Gasteiger partial charge in [0.1, 0.15) is 0 Å². The Bertz CT molecular complexity index is 957. The molecule has 2 N–H and O–H groups in total. The highest BCUT2D eigenvalue weighted by molar-refractivity contribution is 9.10. The van der Waals surface area contributed by atoms with Gasteiger partial charge in [0.25, 0.3) is 5.91 Å². The summed E-state index contributed by atoms with van der Waals surface area (Å²) in [6.07, 6.45) is 1.76. The van der Waals surface area contributed by atoms with Gasteiger partial charge in [-0.2, -0.15) is 5.10 Å². The Morgan fingerprint density at radius 3 is 2.61 bits per heavy atom. The number of aromatic nitrogens is 2. The number of anilines is 4. The first-order valence-corrected chi connectivity index (χ1v) is 10.4. The number of hydrogen-bond acceptors (Lipinski definition) is 7. The Kier molecular flexibility index (Phi) is 5.84. The lowest BCUT2D eigenvalue weighted by Gasteiger charge is -2.28. The van der Waals surface area contributed by atoms with E-state index < -0.39 is 0 Å². The molecule has 7 nitrogen and oxygen atoms in total. The van der Waals surface area contributed by atoms with E-state index in [4.69, 9.17) is 4.74 Å². The lowest BCUT2D eigenvalue weighted by molar-refractivity contribution is 0.103. The second-order valence-corrected chi connectivity index (χ2v) is 8.01. The van der Waals surface area contributed by atoms with E-state index in [-0.39, 0.29) is 5.91 Å². The van der Waals surface area contributed by atoms with Gasteiger partial charge in [0, 0.05) is 40.4 Å². The highest BCUT2D eigenvalue weighted by Gasteiger charge is 2.13. The molecule has 0 bridgehead atoms. The molecule has 0 saturated carbocycles. The van der Waals surface area contributed by atoms with Crippen LogP contribution in [-0.2, 0) is 4.74 Å². The fraction of sp³-hybridized carbons (Fsp3) is 0.211. The highest BCUT2D eigenvalue weighted by Crippen LogP contribution is 2.23. The quantitative estimate of drug-likeness (QED) is 0.596. The van der Waals surface area contributed by atoms with Crippen molar-refractivity contribution < 1.29 is 9.53 Å². The van der Waals surface area contributed by atoms with Crippen molar-refractivity contribution >= 4 is 56.1 Å². The van der Waals surface area contributed by atoms with Gasteiger partial charge >= 0.3 is 0 Å². The summed E-state index contributed by atoms with van der Waals surface area (Å²) in [6, 6.07) is 11.3. The number of halogens is 1. The normalized spacial score (nSPS) is 14.0. The Hall–Kier alpha value is -2.49. The molecule has 1 aromatic carbocycles. The first-order chi connectivity index (χ1) is 13.7. The van der Waals surface area contributed by atoms with Gasteiger partial charge in [0.2, 0.25) is 0 Å². The maximum atomic E-state index is 12.2. The van der Waals surface area contributed by atoms with Crippen LogP contribution in [0.4, 0.5) is 22.9 Å². The third-order valence-electron chi connectivity index (χ3n) is 4.22. The lowest BCUT2D eigenvalue weighted by atomic mass is 10.2. The molecule has 3 heterocycles. The minimum atomic E-state index is -0.125. The summed E-state index contributed by atoms with van der Waals surface area (Å²) >= 11 is 4.76. The number of nitrogens with one attached hydrogen (secondary N) is 2. The zero-order valence-corrected chi connectivity index (χ0v) is 17.3. The van der Waals surface area contributed by atoms with E-state index in [0.717, 1.165) is 47.8 Å². The van der Waals surface area contributed by atoms with Gasteiger partial charge in [0.05, 0.1) is 30.0 Å². The van der Waals surface area contributed by atoms with Crippen LogP contribution in [0, 0.1) is 0 Å². The summed E-state index contributed by atoms with van der Waals surface area (Å²) < 4.78 is 6.30. The van der Waals surface area contributed by atoms with Crippen LogP contribution in [0.1, 0.15) is 9.67 Å². The van der Waals surface area contributed by atoms with E-state index in [9.17, 15) is 4.79 Å². The molecule has 0 aliphatic carbocycles. The van der Waals surface area contributed by atoms with Crippen molar-refractivity contribution in [2.24, 2.45) is 0 Å². The van der Waals surface area contributed by atoms with Gasteiger partial charge in [-0.3, -0.25) is 4.79 Å². The molecule has 144 valence electrons. The summed E-state index contributed by atoms with van der Waals surface area (Å²) in [7, 11) is 0. The predicted molar refractivity (Wildman–Crippen MR) is 115 cm³/mol. The van der Waals surface area contributed by atoms with E-state index in [1.165, 1.54) is 11.3 Å². The molecule has 0 radical (unpaired) electrons. The smallest absolute Gasteiger partial charge is 0.265 e. The van der Waals surface area contributed by atoms with Crippen molar-refractivity contribution in [1.82, 2.24) is 10.2 Å². The number of carbonyl (C=O) groups excluding carboxylic acids is 1. The van der Waals surface area contributed by atoms with Crippen LogP contribution in [-0.4, -0.2) is 42.4 Å². The van der Waals surface area contributed by atoms with Gasteiger partial charge in [-0.05, 0) is 46.3 Å². The number of benzene rings is 1. The zero-order valence-electron chi connectivity index (χ0n) is 14.9. The third-order valence-corrected chi connectivity index (χ3v) is 5.91. The Morgan fingerprint density at radius 2 is 1.89 bits per heavy atom. The first-order valence-electron chi connectivity index (χ1n) is 8.75. The Labute approximate surface area is 174 Å². The van der Waals surface area contributed by atoms with Crippen LogP contribution >= 0.6 is 27.3 Å². The Morgan fingerprint density at radius 1 is 1.14 bits per heavy atom. The molecule has 1 aliphatic rings. The van der Waals surface area contributed by atoms with Crippen LogP contribution in [0.15, 0.2) is 52.4 Å². The van der Waals surface area contributed by atoms with Crippen LogP contribution in [0.5, 0.6) is 0 Å². The molecule has 0 spiro atoms. The molecule has 9 heteroatoms. The maximum absolute atomic E-state index is 12.2. The predicted octanol–water partition coefficient (Wildman–Crippen LogP) is 4.13. The fourth-order valence-electron chi connectivity index (χ4n) is 2.82. The number of nitrogens with zero attached hydrogens (tertiary/aromatic N) is 3. The number of rotatable bonds is 5. The van der Waals surface area contributed by atoms with E-state index in [1.54, 1.807) is 12.3 Å². The average Bonchev–Trinajstić information content (AvgIpc) is 3.17. The summed E-state index contributed by atoms with van der Waals surface area (Å²) in [4.78, 5) is 15.1. The van der Waals surface area contributed by atoms with E-state index in [2.05, 4.69) is 41.7 Å². The second kappa shape index (κ2) is 8.68. The minimum Gasteiger partial charge on any atom is -0.378 e. The van der Waals surface area contributed by atoms with Gasteiger partial charge in [-0.15, -0.1) is 16.4 Å². The van der Waals surface area contributed by atoms with Gasteiger partial charge in [-0.25, -0.2) is 0 Å². The molecule has 28 heavy (non-hydrogen) atoms. The third kappa shape index (κ3) is 4.67. The molecule has 1 saturated heterocycles. The average molecular weight is 460 g/mol. The SMILES string of the molecule is O=C(Nc1ccc(Nc2cc(N3CCOCC3)cnn2)cc1)c1cc(Br)cs1. The summed E-state index contributed by atoms with van der Waals surface area (Å²) in [5.41, 5.74) is 2.62. The molecule has 4 rings (SSSR count). The van der Waals surface area contributed by atoms with Crippen LogP contribution < -0.4 is 15.5 Å². The molecular weight excluding hydrogens is 442 g/mol. The van der Waals surface area contributed by atoms with E-state index >= 15 is 0 Å². The van der Waals surface area contributed by atoms with Crippen molar-refractivity contribution in [3.63, 3.8) is 0 Å². The summed E-state index contributed by atoms with van der Waals surface area (Å²) in [6.45, 7) is 3.14. The summed E-state index contributed by atoms with van der Waals surface area (Å²) in [5.74, 6) is 0.546. The second-order valence-electron chi connectivity index (χ2n) is 6.18. The fourth-order valence-corrected chi connectivity index (χ4v) is 4.14. The van der Waals surface area contributed by atoms with Gasteiger partial charge < -0.3 is 20.3 Å². The lowest BCUT2D eigenvalue weighted by Crippen LogP contribution is -2.36. The molecule has 1 amide bonds. The summed E-state index contributed by atoms with van der Waals surface area (Å²) in [5, 5.41) is 16.3. The molecule has 0 atom stereocenters. The van der Waals surface area contributed by atoms with Crippen molar-refractivity contribution in [3.8, 4) is 0 Å². The Balaban J connectivity index is 1.40. The van der Waals surface area contributed by atoms with Crippen LogP contribution in [0.3, 0.4) is 0 Å². The number of hydrogen-bond donors (Lipinski definition) is 2. The number of amides is 1. The molecule has 2 aromatic heterocycles. The van der Waals surface area contributed by atoms with Crippen LogP contribution in [0.2, 0.25) is 0 Å². The van der Waals surface area contributed by atoms with Crippen molar-refractivity contribution in [2.45, 2.75) is 0 Å². The standard InChI is InChI=1S/C19H18BrN5O2S/c20-13-9-17(28-12-13)19(26)23-15-3-1-14(2-4-15)22-18-10-16(11-21-24-18)25-5-7-27-8-6-25/h1-4,9-12H,5-8H2,(H,22,24)(H,23,26). The maximum Gasteiger partial charge on any atom is 0.265 e. The number of ether oxygens (including phenoxy) is 1. The first kappa shape index (κ1) is 18.9. The highest BCUT2D eigenvalue weighted by atomic mass is 79.9. The molecule has 3 aromatic rings. The molecule has 1 aliphatic heterocycles. The molecule has 0 unspecified atom stereocenters.